The number of unbranched alkanes of at least 4 members (excludes halogenated alkanes) is 1. The van der Waals surface area contributed by atoms with Gasteiger partial charge in [-0.25, -0.2) is 0 Å². The number of rotatable bonds is 5. The highest BCUT2D eigenvalue weighted by molar-refractivity contribution is 5.22. The third-order valence-electron chi connectivity index (χ3n) is 2.95. The lowest BCUT2D eigenvalue weighted by molar-refractivity contribution is 0.381. The van der Waals surface area contributed by atoms with Crippen LogP contribution in [0.1, 0.15) is 51.5 Å². The van der Waals surface area contributed by atoms with Gasteiger partial charge in [-0.2, -0.15) is 0 Å². The molecule has 0 spiro atoms. The van der Waals surface area contributed by atoms with Gasteiger partial charge in [0.25, 0.3) is 0 Å². The molecule has 0 amide bonds. The van der Waals surface area contributed by atoms with Gasteiger partial charge < -0.3 is 5.73 Å². The van der Waals surface area contributed by atoms with E-state index in [4.69, 9.17) is 5.73 Å². The number of benzene rings is 1. The van der Waals surface area contributed by atoms with E-state index < -0.39 is 0 Å². The zero-order chi connectivity index (χ0) is 11.3. The van der Waals surface area contributed by atoms with Gasteiger partial charge in [0.05, 0.1) is 0 Å². The average Bonchev–Trinajstić information content (AvgIpc) is 2.18. The van der Waals surface area contributed by atoms with Crippen LogP contribution in [0.15, 0.2) is 30.3 Å². The third kappa shape index (κ3) is 3.67. The van der Waals surface area contributed by atoms with Crippen LogP contribution in [-0.4, -0.2) is 5.54 Å². The highest BCUT2D eigenvalue weighted by Gasteiger charge is 2.25. The quantitative estimate of drug-likeness (QED) is 0.779. The van der Waals surface area contributed by atoms with Crippen LogP contribution in [0, 0.1) is 0 Å². The van der Waals surface area contributed by atoms with Gasteiger partial charge in [-0.3, -0.25) is 0 Å². The fourth-order valence-corrected chi connectivity index (χ4v) is 2.06. The van der Waals surface area contributed by atoms with Crippen molar-refractivity contribution in [2.45, 2.75) is 51.5 Å². The Hall–Kier alpha value is -0.820. The molecular formula is C14H23N. The van der Waals surface area contributed by atoms with E-state index in [-0.39, 0.29) is 5.54 Å². The summed E-state index contributed by atoms with van der Waals surface area (Å²) in [4.78, 5) is 0. The zero-order valence-electron chi connectivity index (χ0n) is 10.2. The topological polar surface area (TPSA) is 26.0 Å². The normalized spacial score (nSPS) is 13.9. The van der Waals surface area contributed by atoms with Gasteiger partial charge in [0.15, 0.2) is 0 Å². The Bertz CT molecular complexity index is 271. The zero-order valence-corrected chi connectivity index (χ0v) is 10.2. The molecule has 1 atom stereocenters. The summed E-state index contributed by atoms with van der Waals surface area (Å²) < 4.78 is 0. The Labute approximate surface area is 93.7 Å². The van der Waals surface area contributed by atoms with Crippen molar-refractivity contribution in [1.82, 2.24) is 0 Å². The summed E-state index contributed by atoms with van der Waals surface area (Å²) in [7, 11) is 0. The Morgan fingerprint density at radius 3 is 2.27 bits per heavy atom. The second kappa shape index (κ2) is 5.32. The van der Waals surface area contributed by atoms with Crippen molar-refractivity contribution in [2.75, 3.05) is 0 Å². The molecule has 0 aliphatic carbocycles. The first kappa shape index (κ1) is 12.3. The van der Waals surface area contributed by atoms with Crippen molar-refractivity contribution in [3.05, 3.63) is 35.9 Å². The van der Waals surface area contributed by atoms with E-state index in [1.54, 1.807) is 0 Å². The van der Waals surface area contributed by atoms with E-state index in [1.165, 1.54) is 24.8 Å². The van der Waals surface area contributed by atoms with E-state index in [9.17, 15) is 0 Å². The third-order valence-corrected chi connectivity index (χ3v) is 2.95. The van der Waals surface area contributed by atoms with Crippen LogP contribution >= 0.6 is 0 Å². The molecule has 0 saturated heterocycles. The predicted molar refractivity (Wildman–Crippen MR) is 67.0 cm³/mol. The van der Waals surface area contributed by atoms with Gasteiger partial charge in [0, 0.05) is 11.5 Å². The Morgan fingerprint density at radius 2 is 1.80 bits per heavy atom. The van der Waals surface area contributed by atoms with Crippen LogP contribution in [0.3, 0.4) is 0 Å². The lowest BCUT2D eigenvalue weighted by Crippen LogP contribution is -2.39. The summed E-state index contributed by atoms with van der Waals surface area (Å²) in [6, 6.07) is 10.6. The molecule has 1 nitrogen and oxygen atoms in total. The Balaban J connectivity index is 2.82. The summed E-state index contributed by atoms with van der Waals surface area (Å²) in [5.41, 5.74) is 7.50. The van der Waals surface area contributed by atoms with Crippen molar-refractivity contribution in [3.63, 3.8) is 0 Å². The van der Waals surface area contributed by atoms with Crippen LogP contribution in [-0.2, 0) is 0 Å². The van der Waals surface area contributed by atoms with Gasteiger partial charge in [-0.15, -0.1) is 0 Å². The van der Waals surface area contributed by atoms with Crippen molar-refractivity contribution in [2.24, 2.45) is 5.73 Å². The van der Waals surface area contributed by atoms with Crippen molar-refractivity contribution in [1.29, 1.82) is 0 Å². The second-order valence-electron chi connectivity index (χ2n) is 4.93. The molecule has 1 heteroatoms. The molecule has 0 aliphatic heterocycles. The van der Waals surface area contributed by atoms with Gasteiger partial charge in [-0.05, 0) is 25.8 Å². The molecule has 0 aromatic heterocycles. The van der Waals surface area contributed by atoms with Gasteiger partial charge >= 0.3 is 0 Å². The highest BCUT2D eigenvalue weighted by Crippen LogP contribution is 2.30. The predicted octanol–water partition coefficient (Wildman–Crippen LogP) is 3.70. The largest absolute Gasteiger partial charge is 0.325 e. The summed E-state index contributed by atoms with van der Waals surface area (Å²) in [6.45, 7) is 6.48. The lowest BCUT2D eigenvalue weighted by atomic mass is 9.79. The molecule has 1 rings (SSSR count). The standard InChI is InChI=1S/C14H23N/c1-4-5-11-13(14(2,3)15)12-9-7-6-8-10-12/h6-10,13H,4-5,11,15H2,1-3H3. The molecule has 0 bridgehead atoms. The molecule has 1 aromatic rings. The fraction of sp³-hybridized carbons (Fsp3) is 0.571. The molecule has 1 aromatic carbocycles. The van der Waals surface area contributed by atoms with Crippen LogP contribution in [0.5, 0.6) is 0 Å². The van der Waals surface area contributed by atoms with Gasteiger partial charge in [-0.1, -0.05) is 50.1 Å². The molecule has 1 unspecified atom stereocenters. The van der Waals surface area contributed by atoms with E-state index in [0.717, 1.165) is 0 Å². The van der Waals surface area contributed by atoms with Crippen LogP contribution in [0.2, 0.25) is 0 Å². The maximum absolute atomic E-state index is 6.25. The maximum atomic E-state index is 6.25. The van der Waals surface area contributed by atoms with E-state index in [0.29, 0.717) is 5.92 Å². The first-order valence-electron chi connectivity index (χ1n) is 5.89. The molecular weight excluding hydrogens is 182 g/mol. The first-order chi connectivity index (χ1) is 7.05. The lowest BCUT2D eigenvalue weighted by Gasteiger charge is -2.31. The summed E-state index contributed by atoms with van der Waals surface area (Å²) in [6.07, 6.45) is 3.67. The summed E-state index contributed by atoms with van der Waals surface area (Å²) in [5.74, 6) is 0.471. The average molecular weight is 205 g/mol. The summed E-state index contributed by atoms with van der Waals surface area (Å²) in [5, 5.41) is 0. The van der Waals surface area contributed by atoms with Gasteiger partial charge in [0.2, 0.25) is 0 Å². The molecule has 15 heavy (non-hydrogen) atoms. The van der Waals surface area contributed by atoms with Crippen molar-refractivity contribution < 1.29 is 0 Å². The minimum absolute atomic E-state index is 0.128. The van der Waals surface area contributed by atoms with E-state index >= 15 is 0 Å². The number of nitrogens with two attached hydrogens (primary N) is 1. The molecule has 84 valence electrons. The highest BCUT2D eigenvalue weighted by atomic mass is 14.7. The van der Waals surface area contributed by atoms with Crippen molar-refractivity contribution >= 4 is 0 Å². The minimum atomic E-state index is -0.128. The van der Waals surface area contributed by atoms with Crippen LogP contribution in [0.4, 0.5) is 0 Å². The minimum Gasteiger partial charge on any atom is -0.325 e. The molecule has 0 radical (unpaired) electrons. The maximum Gasteiger partial charge on any atom is 0.0166 e. The first-order valence-corrected chi connectivity index (χ1v) is 5.89. The molecule has 0 saturated carbocycles. The van der Waals surface area contributed by atoms with E-state index in [2.05, 4.69) is 51.1 Å². The molecule has 2 N–H and O–H groups in total. The monoisotopic (exact) mass is 205 g/mol. The fourth-order valence-electron chi connectivity index (χ4n) is 2.06. The second-order valence-corrected chi connectivity index (χ2v) is 4.93. The summed E-state index contributed by atoms with van der Waals surface area (Å²) >= 11 is 0. The number of hydrogen-bond acceptors (Lipinski definition) is 1. The molecule has 0 heterocycles. The smallest absolute Gasteiger partial charge is 0.0166 e. The van der Waals surface area contributed by atoms with E-state index in [1.807, 2.05) is 0 Å². The SMILES string of the molecule is CCCCC(c1ccccc1)C(C)(C)N. The van der Waals surface area contributed by atoms with Crippen molar-refractivity contribution in [3.8, 4) is 0 Å². The molecule has 0 aliphatic rings. The van der Waals surface area contributed by atoms with Crippen LogP contribution < -0.4 is 5.73 Å². The Kier molecular flexibility index (Phi) is 4.34. The molecule has 0 fully saturated rings. The van der Waals surface area contributed by atoms with Gasteiger partial charge in [0.1, 0.15) is 0 Å². The number of hydrogen-bond donors (Lipinski definition) is 1. The Morgan fingerprint density at radius 1 is 1.20 bits per heavy atom. The van der Waals surface area contributed by atoms with Crippen LogP contribution in [0.25, 0.3) is 0 Å².